The number of hydrogen-bond acceptors (Lipinski definition) is 5. The van der Waals surface area contributed by atoms with E-state index in [0.29, 0.717) is 18.4 Å². The van der Waals surface area contributed by atoms with Crippen molar-refractivity contribution in [2.24, 2.45) is 5.18 Å². The fourth-order valence-corrected chi connectivity index (χ4v) is 2.45. The molecule has 1 aromatic carbocycles. The van der Waals surface area contributed by atoms with Crippen molar-refractivity contribution in [2.75, 3.05) is 0 Å². The molecule has 108 valence electrons. The maximum absolute atomic E-state index is 12.3. The summed E-state index contributed by atoms with van der Waals surface area (Å²) in [5.74, 6) is -0.613. The van der Waals surface area contributed by atoms with Crippen LogP contribution in [0.25, 0.3) is 0 Å². The second-order valence-corrected chi connectivity index (χ2v) is 4.51. The quantitative estimate of drug-likeness (QED) is 0.800. The number of phenols is 1. The Morgan fingerprint density at radius 3 is 2.43 bits per heavy atom. The Labute approximate surface area is 122 Å². The van der Waals surface area contributed by atoms with E-state index in [1.54, 1.807) is 0 Å². The van der Waals surface area contributed by atoms with E-state index < -0.39 is 0 Å². The summed E-state index contributed by atoms with van der Waals surface area (Å²) >= 11 is 0. The van der Waals surface area contributed by atoms with Gasteiger partial charge in [0.1, 0.15) is 5.75 Å². The molecule has 0 atom stereocenters. The van der Waals surface area contributed by atoms with Crippen LogP contribution in [0, 0.1) is 4.91 Å². The number of hydrogen-bond donors (Lipinski definition) is 1. The molecule has 0 saturated carbocycles. The number of ketones is 2. The van der Waals surface area contributed by atoms with Gasteiger partial charge in [0.25, 0.3) is 0 Å². The van der Waals surface area contributed by atoms with Gasteiger partial charge in [0.15, 0.2) is 11.6 Å². The third-order valence-corrected chi connectivity index (χ3v) is 3.40. The second kappa shape index (κ2) is 5.83. The maximum atomic E-state index is 12.3. The molecule has 0 fully saturated rings. The van der Waals surface area contributed by atoms with Crippen LogP contribution < -0.4 is 0 Å². The summed E-state index contributed by atoms with van der Waals surface area (Å²) in [7, 11) is 0. The second-order valence-electron chi connectivity index (χ2n) is 4.51. The van der Waals surface area contributed by atoms with Crippen molar-refractivity contribution < 1.29 is 14.7 Å². The van der Waals surface area contributed by atoms with Gasteiger partial charge in [0.05, 0.1) is 5.70 Å². The van der Waals surface area contributed by atoms with Crippen LogP contribution in [0.4, 0.5) is 0 Å². The molecule has 0 aliphatic heterocycles. The molecule has 0 spiro atoms. The highest BCUT2D eigenvalue weighted by molar-refractivity contribution is 6.28. The fourth-order valence-electron chi connectivity index (χ4n) is 2.45. The standard InChI is InChI=1S/C14H9NO4.C2H6/c16-8-2-4-10-12(6-8)14(18)9-3-1-7(15-19)5-11(9)13(10)17;1-2/h2,4-6,16H,1,3H2;1-2H3. The molecule has 0 radical (unpaired) electrons. The van der Waals surface area contributed by atoms with E-state index in [2.05, 4.69) is 5.18 Å². The SMILES string of the molecule is CC.O=NC1=CC2=C(CC1)C(=O)c1cc(O)ccc1C2=O. The number of aromatic hydroxyl groups is 1. The third-order valence-electron chi connectivity index (χ3n) is 3.40. The van der Waals surface area contributed by atoms with Gasteiger partial charge >= 0.3 is 0 Å². The van der Waals surface area contributed by atoms with E-state index >= 15 is 0 Å². The average Bonchev–Trinajstić information content (AvgIpc) is 2.54. The minimum Gasteiger partial charge on any atom is -0.508 e. The zero-order valence-electron chi connectivity index (χ0n) is 11.8. The number of rotatable bonds is 1. The van der Waals surface area contributed by atoms with E-state index in [0.717, 1.165) is 0 Å². The summed E-state index contributed by atoms with van der Waals surface area (Å²) in [4.78, 5) is 35.1. The molecule has 2 aliphatic carbocycles. The first-order valence-corrected chi connectivity index (χ1v) is 6.81. The minimum absolute atomic E-state index is 0.0504. The van der Waals surface area contributed by atoms with Crippen LogP contribution in [0.1, 0.15) is 47.4 Å². The highest BCUT2D eigenvalue weighted by atomic mass is 16.3. The summed E-state index contributed by atoms with van der Waals surface area (Å²) in [5, 5.41) is 12.3. The van der Waals surface area contributed by atoms with Crippen molar-refractivity contribution >= 4 is 11.6 Å². The molecule has 2 aliphatic rings. The van der Waals surface area contributed by atoms with Gasteiger partial charge in [-0.05, 0) is 42.3 Å². The molecular weight excluding hydrogens is 270 g/mol. The van der Waals surface area contributed by atoms with E-state index in [1.165, 1.54) is 24.3 Å². The first-order valence-electron chi connectivity index (χ1n) is 6.81. The Hall–Kier alpha value is -2.56. The van der Waals surface area contributed by atoms with E-state index in [-0.39, 0.29) is 39.7 Å². The fraction of sp³-hybridized carbons (Fsp3) is 0.250. The van der Waals surface area contributed by atoms with Crippen molar-refractivity contribution in [2.45, 2.75) is 26.7 Å². The molecule has 0 aromatic heterocycles. The molecule has 0 heterocycles. The van der Waals surface area contributed by atoms with Crippen molar-refractivity contribution in [3.05, 3.63) is 57.2 Å². The highest BCUT2D eigenvalue weighted by Crippen LogP contribution is 2.35. The first kappa shape index (κ1) is 14.8. The lowest BCUT2D eigenvalue weighted by Crippen LogP contribution is -2.23. The van der Waals surface area contributed by atoms with Crippen LogP contribution in [0.15, 0.2) is 46.3 Å². The zero-order chi connectivity index (χ0) is 15.6. The Morgan fingerprint density at radius 2 is 1.76 bits per heavy atom. The predicted octanol–water partition coefficient (Wildman–Crippen LogP) is 3.54. The van der Waals surface area contributed by atoms with Crippen LogP contribution in [-0.4, -0.2) is 16.7 Å². The topological polar surface area (TPSA) is 83.8 Å². The minimum atomic E-state index is -0.301. The van der Waals surface area contributed by atoms with Crippen molar-refractivity contribution in [3.63, 3.8) is 0 Å². The Kier molecular flexibility index (Phi) is 4.12. The molecule has 21 heavy (non-hydrogen) atoms. The zero-order valence-corrected chi connectivity index (χ0v) is 11.8. The maximum Gasteiger partial charge on any atom is 0.194 e. The molecule has 1 N–H and O–H groups in total. The average molecular weight is 285 g/mol. The van der Waals surface area contributed by atoms with Gasteiger partial charge in [-0.1, -0.05) is 13.8 Å². The summed E-state index contributed by atoms with van der Waals surface area (Å²) in [5.41, 5.74) is 1.41. The molecule has 5 nitrogen and oxygen atoms in total. The number of fused-ring (bicyclic) bond motifs is 1. The molecule has 0 saturated heterocycles. The Morgan fingerprint density at radius 1 is 1.05 bits per heavy atom. The van der Waals surface area contributed by atoms with Gasteiger partial charge < -0.3 is 5.11 Å². The lowest BCUT2D eigenvalue weighted by atomic mass is 9.79. The molecule has 0 amide bonds. The van der Waals surface area contributed by atoms with Crippen LogP contribution in [-0.2, 0) is 0 Å². The van der Waals surface area contributed by atoms with Gasteiger partial charge in [0.2, 0.25) is 0 Å². The smallest absolute Gasteiger partial charge is 0.194 e. The van der Waals surface area contributed by atoms with Crippen molar-refractivity contribution in [1.29, 1.82) is 0 Å². The number of nitroso groups, excluding NO2 is 1. The largest absolute Gasteiger partial charge is 0.508 e. The number of carbonyl (C=O) groups is 2. The van der Waals surface area contributed by atoms with Gasteiger partial charge in [-0.15, -0.1) is 4.91 Å². The van der Waals surface area contributed by atoms with Crippen LogP contribution in [0.2, 0.25) is 0 Å². The van der Waals surface area contributed by atoms with Crippen molar-refractivity contribution in [1.82, 2.24) is 0 Å². The van der Waals surface area contributed by atoms with Gasteiger partial charge in [0, 0.05) is 22.3 Å². The molecule has 0 bridgehead atoms. The van der Waals surface area contributed by atoms with Crippen LogP contribution in [0.3, 0.4) is 0 Å². The number of carbonyl (C=O) groups excluding carboxylic acids is 2. The van der Waals surface area contributed by atoms with Gasteiger partial charge in [-0.3, -0.25) is 9.59 Å². The van der Waals surface area contributed by atoms with Gasteiger partial charge in [-0.2, -0.15) is 0 Å². The lowest BCUT2D eigenvalue weighted by molar-refractivity contribution is 0.0973. The Bertz CT molecular complexity index is 698. The first-order chi connectivity index (χ1) is 10.1. The summed E-state index contributed by atoms with van der Waals surface area (Å²) < 4.78 is 0. The van der Waals surface area contributed by atoms with E-state index in [4.69, 9.17) is 0 Å². The number of benzene rings is 1. The summed E-state index contributed by atoms with van der Waals surface area (Å²) in [6, 6.07) is 4.09. The summed E-state index contributed by atoms with van der Waals surface area (Å²) in [6.45, 7) is 4.00. The summed E-state index contributed by atoms with van der Waals surface area (Å²) in [6.07, 6.45) is 2.07. The molecule has 3 rings (SSSR count). The van der Waals surface area contributed by atoms with E-state index in [9.17, 15) is 19.6 Å². The van der Waals surface area contributed by atoms with E-state index in [1.807, 2.05) is 13.8 Å². The highest BCUT2D eigenvalue weighted by Gasteiger charge is 2.33. The molecular formula is C16H15NO4. The van der Waals surface area contributed by atoms with Crippen LogP contribution >= 0.6 is 0 Å². The number of allylic oxidation sites excluding steroid dienone is 4. The monoisotopic (exact) mass is 285 g/mol. The molecule has 5 heteroatoms. The molecule has 0 unspecified atom stereocenters. The number of phenolic OH excluding ortho intramolecular Hbond substituents is 1. The number of nitrogens with zero attached hydrogens (tertiary/aromatic N) is 1. The van der Waals surface area contributed by atoms with Gasteiger partial charge in [-0.25, -0.2) is 0 Å². The third kappa shape index (κ3) is 2.42. The predicted molar refractivity (Wildman–Crippen MR) is 78.3 cm³/mol. The Balaban J connectivity index is 0.000000774. The lowest BCUT2D eigenvalue weighted by Gasteiger charge is -2.22. The number of Topliss-reactive ketones (excluding diaryl/α,β-unsaturated/α-hetero) is 2. The van der Waals surface area contributed by atoms with Crippen molar-refractivity contribution in [3.8, 4) is 5.75 Å². The molecule has 1 aromatic rings. The van der Waals surface area contributed by atoms with Crippen LogP contribution in [0.5, 0.6) is 5.75 Å². The normalized spacial score (nSPS) is 16.4.